The van der Waals surface area contributed by atoms with Crippen molar-refractivity contribution in [3.05, 3.63) is 58.9 Å². The van der Waals surface area contributed by atoms with Gasteiger partial charge in [0.1, 0.15) is 11.6 Å². The van der Waals surface area contributed by atoms with E-state index in [1.807, 2.05) is 24.8 Å². The van der Waals surface area contributed by atoms with Gasteiger partial charge < -0.3 is 4.90 Å². The Morgan fingerprint density at radius 1 is 1.11 bits per heavy atom. The van der Waals surface area contributed by atoms with Gasteiger partial charge in [-0.1, -0.05) is 26.0 Å². The van der Waals surface area contributed by atoms with Crippen molar-refractivity contribution in [2.75, 3.05) is 13.1 Å². The van der Waals surface area contributed by atoms with E-state index in [1.54, 1.807) is 12.1 Å². The maximum absolute atomic E-state index is 13.2. The summed E-state index contributed by atoms with van der Waals surface area (Å²) in [6.45, 7) is 10.9. The summed E-state index contributed by atoms with van der Waals surface area (Å²) in [5, 5.41) is 0. The van der Waals surface area contributed by atoms with E-state index in [0.29, 0.717) is 32.0 Å². The number of rotatable bonds is 5. The van der Waals surface area contributed by atoms with Gasteiger partial charge in [-0.15, -0.1) is 0 Å². The van der Waals surface area contributed by atoms with Crippen molar-refractivity contribution in [3.63, 3.8) is 0 Å². The van der Waals surface area contributed by atoms with E-state index in [1.165, 1.54) is 12.1 Å². The molecule has 0 saturated carbocycles. The minimum absolute atomic E-state index is 0.0889. The second-order valence-corrected chi connectivity index (χ2v) is 8.01. The maximum atomic E-state index is 13.2. The third kappa shape index (κ3) is 5.13. The van der Waals surface area contributed by atoms with Crippen molar-refractivity contribution in [3.8, 4) is 0 Å². The normalized spacial score (nSPS) is 18.6. The molecule has 1 fully saturated rings. The molecule has 1 atom stereocenters. The second kappa shape index (κ2) is 8.78. The quantitative estimate of drug-likeness (QED) is 0.792. The molecule has 1 aromatic heterocycles. The Balaban J connectivity index is 1.78. The molecule has 1 saturated heterocycles. The molecule has 0 aliphatic carbocycles. The van der Waals surface area contributed by atoms with Crippen molar-refractivity contribution in [2.45, 2.75) is 53.2 Å². The van der Waals surface area contributed by atoms with E-state index >= 15 is 0 Å². The van der Waals surface area contributed by atoms with E-state index in [9.17, 15) is 9.18 Å². The topological polar surface area (TPSA) is 49.3 Å². The number of benzene rings is 1. The molecular formula is C22H29FN4O. The summed E-state index contributed by atoms with van der Waals surface area (Å²) in [6.07, 6.45) is 0.467. The van der Waals surface area contributed by atoms with Crippen LogP contribution in [-0.2, 0) is 17.9 Å². The van der Waals surface area contributed by atoms with Gasteiger partial charge in [-0.05, 0) is 43.5 Å². The molecule has 150 valence electrons. The number of hydrogen-bond acceptors (Lipinski definition) is 4. The van der Waals surface area contributed by atoms with Crippen molar-refractivity contribution >= 4 is 5.91 Å². The molecule has 3 rings (SSSR count). The fraction of sp³-hybridized carbons (Fsp3) is 0.500. The molecule has 6 heteroatoms. The number of hydrogen-bond donors (Lipinski definition) is 0. The lowest BCUT2D eigenvalue weighted by molar-refractivity contribution is -0.134. The number of nitrogens with zero attached hydrogens (tertiary/aromatic N) is 4. The zero-order chi connectivity index (χ0) is 20.3. The van der Waals surface area contributed by atoms with Gasteiger partial charge in [0.25, 0.3) is 0 Å². The first-order chi connectivity index (χ1) is 13.3. The molecule has 1 aromatic carbocycles. The summed E-state index contributed by atoms with van der Waals surface area (Å²) in [4.78, 5) is 26.3. The van der Waals surface area contributed by atoms with E-state index in [2.05, 4.69) is 28.7 Å². The molecule has 1 amide bonds. The van der Waals surface area contributed by atoms with Gasteiger partial charge in [0.2, 0.25) is 5.91 Å². The highest BCUT2D eigenvalue weighted by atomic mass is 19.1. The molecule has 1 aliphatic heterocycles. The molecule has 5 nitrogen and oxygen atoms in total. The van der Waals surface area contributed by atoms with Crippen LogP contribution < -0.4 is 0 Å². The zero-order valence-electron chi connectivity index (χ0n) is 17.2. The number of carbonyl (C=O) groups is 1. The summed E-state index contributed by atoms with van der Waals surface area (Å²) in [7, 11) is 0. The second-order valence-electron chi connectivity index (χ2n) is 8.01. The number of halogens is 1. The lowest BCUT2D eigenvalue weighted by Gasteiger charge is -2.34. The van der Waals surface area contributed by atoms with Crippen LogP contribution in [0.3, 0.4) is 0 Å². The number of aromatic nitrogens is 2. The maximum Gasteiger partial charge on any atom is 0.224 e. The van der Waals surface area contributed by atoms with Crippen LogP contribution in [0.2, 0.25) is 0 Å². The summed E-state index contributed by atoms with van der Waals surface area (Å²) >= 11 is 0. The standard InChI is InChI=1S/C22H29FN4O/c1-15(2)20-13-26(14-21-24-16(3)11-17(4)25-21)10-9-22(28)27(20)12-18-5-7-19(23)8-6-18/h5-8,11,15,20H,9-10,12-14H2,1-4H3/t20-/m0/s1. The fourth-order valence-corrected chi connectivity index (χ4v) is 3.81. The zero-order valence-corrected chi connectivity index (χ0v) is 17.2. The predicted octanol–water partition coefficient (Wildman–Crippen LogP) is 3.49. The smallest absolute Gasteiger partial charge is 0.224 e. The van der Waals surface area contributed by atoms with Crippen LogP contribution in [0.25, 0.3) is 0 Å². The van der Waals surface area contributed by atoms with Gasteiger partial charge in [0, 0.05) is 43.5 Å². The molecule has 0 N–H and O–H groups in total. The first kappa shape index (κ1) is 20.4. The molecule has 0 unspecified atom stereocenters. The molecule has 0 radical (unpaired) electrons. The minimum Gasteiger partial charge on any atom is -0.334 e. The van der Waals surface area contributed by atoms with Crippen LogP contribution in [0.5, 0.6) is 0 Å². The summed E-state index contributed by atoms with van der Waals surface area (Å²) < 4.78 is 13.2. The van der Waals surface area contributed by atoms with E-state index in [0.717, 1.165) is 29.3 Å². The number of carbonyl (C=O) groups excluding carboxylic acids is 1. The van der Waals surface area contributed by atoms with Crippen molar-refractivity contribution in [1.29, 1.82) is 0 Å². The SMILES string of the molecule is Cc1cc(C)nc(CN2CCC(=O)N(Cc3ccc(F)cc3)[C@H](C(C)C)C2)n1. The van der Waals surface area contributed by atoms with Gasteiger partial charge in [-0.25, -0.2) is 14.4 Å². The lowest BCUT2D eigenvalue weighted by atomic mass is 10.0. The molecular weight excluding hydrogens is 355 g/mol. The largest absolute Gasteiger partial charge is 0.334 e. The first-order valence-electron chi connectivity index (χ1n) is 9.89. The van der Waals surface area contributed by atoms with Crippen LogP contribution in [0, 0.1) is 25.6 Å². The predicted molar refractivity (Wildman–Crippen MR) is 107 cm³/mol. The van der Waals surface area contributed by atoms with E-state index in [4.69, 9.17) is 0 Å². The Hall–Kier alpha value is -2.34. The Morgan fingerprint density at radius 3 is 2.36 bits per heavy atom. The van der Waals surface area contributed by atoms with Crippen LogP contribution >= 0.6 is 0 Å². The summed E-state index contributed by atoms with van der Waals surface area (Å²) in [6, 6.07) is 8.47. The molecule has 0 bridgehead atoms. The van der Waals surface area contributed by atoms with Gasteiger partial charge in [-0.2, -0.15) is 0 Å². The lowest BCUT2D eigenvalue weighted by Crippen LogP contribution is -2.45. The van der Waals surface area contributed by atoms with Crippen LogP contribution in [0.4, 0.5) is 4.39 Å². The van der Waals surface area contributed by atoms with E-state index in [-0.39, 0.29) is 17.8 Å². The highest BCUT2D eigenvalue weighted by molar-refractivity contribution is 5.77. The molecule has 28 heavy (non-hydrogen) atoms. The van der Waals surface area contributed by atoms with Crippen LogP contribution in [-0.4, -0.2) is 44.8 Å². The highest BCUT2D eigenvalue weighted by Crippen LogP contribution is 2.22. The molecule has 1 aliphatic rings. The van der Waals surface area contributed by atoms with Crippen molar-refractivity contribution in [2.24, 2.45) is 5.92 Å². The molecule has 2 aromatic rings. The average molecular weight is 384 g/mol. The Bertz CT molecular complexity index is 802. The van der Waals surface area contributed by atoms with Gasteiger partial charge in [0.05, 0.1) is 6.54 Å². The van der Waals surface area contributed by atoms with Gasteiger partial charge >= 0.3 is 0 Å². The number of aryl methyl sites for hydroxylation is 2. The molecule has 0 spiro atoms. The van der Waals surface area contributed by atoms with Crippen molar-refractivity contribution in [1.82, 2.24) is 19.8 Å². The van der Waals surface area contributed by atoms with E-state index < -0.39 is 0 Å². The average Bonchev–Trinajstić information content (AvgIpc) is 2.76. The van der Waals surface area contributed by atoms with Crippen LogP contribution in [0.1, 0.15) is 43.0 Å². The Kier molecular flexibility index (Phi) is 6.39. The molecule has 2 heterocycles. The Labute approximate surface area is 166 Å². The number of amides is 1. The third-order valence-electron chi connectivity index (χ3n) is 5.24. The fourth-order valence-electron chi connectivity index (χ4n) is 3.81. The Morgan fingerprint density at radius 2 is 1.75 bits per heavy atom. The minimum atomic E-state index is -0.258. The monoisotopic (exact) mass is 384 g/mol. The van der Waals surface area contributed by atoms with Crippen molar-refractivity contribution < 1.29 is 9.18 Å². The van der Waals surface area contributed by atoms with Crippen LogP contribution in [0.15, 0.2) is 30.3 Å². The first-order valence-corrected chi connectivity index (χ1v) is 9.89. The summed E-state index contributed by atoms with van der Waals surface area (Å²) in [5.41, 5.74) is 2.88. The third-order valence-corrected chi connectivity index (χ3v) is 5.24. The van der Waals surface area contributed by atoms with Gasteiger partial charge in [0.15, 0.2) is 0 Å². The highest BCUT2D eigenvalue weighted by Gasteiger charge is 2.32. The summed E-state index contributed by atoms with van der Waals surface area (Å²) in [5.74, 6) is 1.00. The van der Waals surface area contributed by atoms with Gasteiger partial charge in [-0.3, -0.25) is 9.69 Å².